The summed E-state index contributed by atoms with van der Waals surface area (Å²) in [7, 11) is -3.29. The van der Waals surface area contributed by atoms with Crippen LogP contribution >= 0.6 is 12.2 Å². The minimum Gasteiger partial charge on any atom is -0.392 e. The molecule has 0 aromatic rings. The number of thiocarbonyl (C=S) groups is 1. The first kappa shape index (κ1) is 14.8. The van der Waals surface area contributed by atoms with Crippen molar-refractivity contribution in [2.45, 2.75) is 13.8 Å². The van der Waals surface area contributed by atoms with Gasteiger partial charge < -0.3 is 10.6 Å². The summed E-state index contributed by atoms with van der Waals surface area (Å²) in [6.07, 6.45) is 0. The average molecular weight is 279 g/mol. The Balaban J connectivity index is 2.49. The average Bonchev–Trinajstić information content (AvgIpc) is 2.15. The van der Waals surface area contributed by atoms with E-state index >= 15 is 0 Å². The molecule has 0 aliphatic carbocycles. The molecule has 7 heteroatoms. The van der Waals surface area contributed by atoms with Crippen LogP contribution in [0.2, 0.25) is 0 Å². The highest BCUT2D eigenvalue weighted by Gasteiger charge is 2.27. The zero-order chi connectivity index (χ0) is 13.1. The molecule has 1 aliphatic rings. The minimum absolute atomic E-state index is 0.0367. The molecule has 100 valence electrons. The summed E-state index contributed by atoms with van der Waals surface area (Å²) < 4.78 is 25.2. The first-order chi connectivity index (χ1) is 7.81. The number of sulfonamides is 1. The molecular weight excluding hydrogens is 258 g/mol. The summed E-state index contributed by atoms with van der Waals surface area (Å²) in [6.45, 7) is 7.99. The van der Waals surface area contributed by atoms with Gasteiger partial charge in [0, 0.05) is 32.7 Å². The third-order valence-electron chi connectivity index (χ3n) is 2.67. The number of nitrogens with two attached hydrogens (primary N) is 1. The molecular formula is C10H21N3O2S2. The van der Waals surface area contributed by atoms with Gasteiger partial charge in [0.05, 0.1) is 4.99 Å². The summed E-state index contributed by atoms with van der Waals surface area (Å²) in [5.74, 6) is 0.391. The maximum atomic E-state index is 11.9. The van der Waals surface area contributed by atoms with Crippen molar-refractivity contribution >= 4 is 27.2 Å². The van der Waals surface area contributed by atoms with Crippen molar-refractivity contribution < 1.29 is 8.42 Å². The van der Waals surface area contributed by atoms with Gasteiger partial charge in [0.25, 0.3) is 0 Å². The predicted octanol–water partition coefficient (Wildman–Crippen LogP) is -0.124. The lowest BCUT2D eigenvalue weighted by molar-refractivity contribution is 0.172. The van der Waals surface area contributed by atoms with Crippen LogP contribution in [0.15, 0.2) is 0 Å². The van der Waals surface area contributed by atoms with E-state index in [4.69, 9.17) is 5.73 Å². The van der Waals surface area contributed by atoms with Gasteiger partial charge in [0.15, 0.2) is 0 Å². The van der Waals surface area contributed by atoms with Crippen LogP contribution < -0.4 is 5.73 Å². The number of hydrogen-bond donors (Lipinski definition) is 1. The van der Waals surface area contributed by atoms with Crippen molar-refractivity contribution in [3.63, 3.8) is 0 Å². The maximum absolute atomic E-state index is 11.9. The Labute approximate surface area is 109 Å². The van der Waals surface area contributed by atoms with Crippen LogP contribution in [0.3, 0.4) is 0 Å². The lowest BCUT2D eigenvalue weighted by Gasteiger charge is -2.34. The normalized spacial score (nSPS) is 19.7. The van der Waals surface area contributed by atoms with Gasteiger partial charge in [0.1, 0.15) is 5.75 Å². The van der Waals surface area contributed by atoms with E-state index in [0.717, 1.165) is 19.6 Å². The SMILES string of the molecule is CC(C)CN1CCN(S(=O)(=O)CC(N)=S)CC1. The van der Waals surface area contributed by atoms with Gasteiger partial charge in [-0.1, -0.05) is 26.1 Å². The Morgan fingerprint density at radius 2 is 1.82 bits per heavy atom. The van der Waals surface area contributed by atoms with Crippen LogP contribution in [0.1, 0.15) is 13.8 Å². The second kappa shape index (κ2) is 6.08. The molecule has 0 spiro atoms. The zero-order valence-electron chi connectivity index (χ0n) is 10.4. The van der Waals surface area contributed by atoms with Crippen molar-refractivity contribution in [3.8, 4) is 0 Å². The largest absolute Gasteiger partial charge is 0.392 e. The highest BCUT2D eigenvalue weighted by Crippen LogP contribution is 2.09. The summed E-state index contributed by atoms with van der Waals surface area (Å²) in [5, 5.41) is 0. The van der Waals surface area contributed by atoms with Gasteiger partial charge in [-0.2, -0.15) is 4.31 Å². The van der Waals surface area contributed by atoms with Gasteiger partial charge in [-0.15, -0.1) is 0 Å². The lowest BCUT2D eigenvalue weighted by atomic mass is 10.2. The van der Waals surface area contributed by atoms with Crippen molar-refractivity contribution in [1.29, 1.82) is 0 Å². The molecule has 0 amide bonds. The second-order valence-corrected chi connectivity index (χ2v) is 7.31. The number of rotatable bonds is 5. The maximum Gasteiger partial charge on any atom is 0.220 e. The predicted molar refractivity (Wildman–Crippen MR) is 73.4 cm³/mol. The smallest absolute Gasteiger partial charge is 0.220 e. The molecule has 0 saturated carbocycles. The molecule has 0 bridgehead atoms. The summed E-state index contributed by atoms with van der Waals surface area (Å²) in [4.78, 5) is 2.33. The second-order valence-electron chi connectivity index (χ2n) is 4.82. The summed E-state index contributed by atoms with van der Waals surface area (Å²) in [5.41, 5.74) is 5.29. The molecule has 0 aromatic carbocycles. The standard InChI is InChI=1S/C10H21N3O2S2/c1-9(2)7-12-3-5-13(6-4-12)17(14,15)8-10(11)16/h9H,3-8H2,1-2H3,(H2,11,16). The molecule has 5 nitrogen and oxygen atoms in total. The van der Waals surface area contributed by atoms with Crippen molar-refractivity contribution in [3.05, 3.63) is 0 Å². The van der Waals surface area contributed by atoms with Crippen LogP contribution in [0.4, 0.5) is 0 Å². The molecule has 2 N–H and O–H groups in total. The van der Waals surface area contributed by atoms with Crippen molar-refractivity contribution in [1.82, 2.24) is 9.21 Å². The van der Waals surface area contributed by atoms with Gasteiger partial charge in [-0.05, 0) is 5.92 Å². The molecule has 1 rings (SSSR count). The monoisotopic (exact) mass is 279 g/mol. The third-order valence-corrected chi connectivity index (χ3v) is 4.83. The lowest BCUT2D eigenvalue weighted by Crippen LogP contribution is -2.50. The van der Waals surface area contributed by atoms with E-state index < -0.39 is 10.0 Å². The zero-order valence-corrected chi connectivity index (χ0v) is 12.1. The summed E-state index contributed by atoms with van der Waals surface area (Å²) in [6, 6.07) is 0. The molecule has 17 heavy (non-hydrogen) atoms. The Bertz CT molecular complexity index is 360. The van der Waals surface area contributed by atoms with Crippen molar-refractivity contribution in [2.24, 2.45) is 11.7 Å². The fraction of sp³-hybridized carbons (Fsp3) is 0.900. The highest BCUT2D eigenvalue weighted by molar-refractivity contribution is 7.92. The number of nitrogens with zero attached hydrogens (tertiary/aromatic N) is 2. The molecule has 1 fully saturated rings. The Morgan fingerprint density at radius 1 is 1.29 bits per heavy atom. The molecule has 0 unspecified atom stereocenters. The van der Waals surface area contributed by atoms with E-state index in [1.165, 1.54) is 4.31 Å². The van der Waals surface area contributed by atoms with Gasteiger partial charge in [0.2, 0.25) is 10.0 Å². The van der Waals surface area contributed by atoms with Crippen LogP contribution in [-0.2, 0) is 10.0 Å². The summed E-state index contributed by atoms with van der Waals surface area (Å²) >= 11 is 4.65. The van der Waals surface area contributed by atoms with Crippen LogP contribution in [-0.4, -0.2) is 61.1 Å². The Hall–Kier alpha value is -0.240. The van der Waals surface area contributed by atoms with Gasteiger partial charge in [-0.3, -0.25) is 0 Å². The number of hydrogen-bond acceptors (Lipinski definition) is 4. The molecule has 0 radical (unpaired) electrons. The Morgan fingerprint density at radius 3 is 2.24 bits per heavy atom. The molecule has 1 heterocycles. The first-order valence-corrected chi connectivity index (χ1v) is 7.81. The molecule has 1 aliphatic heterocycles. The van der Waals surface area contributed by atoms with E-state index in [2.05, 4.69) is 31.0 Å². The number of piperazine rings is 1. The van der Waals surface area contributed by atoms with Crippen LogP contribution in [0, 0.1) is 5.92 Å². The third kappa shape index (κ3) is 4.87. The quantitative estimate of drug-likeness (QED) is 0.711. The van der Waals surface area contributed by atoms with E-state index in [-0.39, 0.29) is 10.7 Å². The van der Waals surface area contributed by atoms with E-state index in [1.54, 1.807) is 0 Å². The van der Waals surface area contributed by atoms with Crippen molar-refractivity contribution in [2.75, 3.05) is 38.5 Å². The highest BCUT2D eigenvalue weighted by atomic mass is 32.2. The first-order valence-electron chi connectivity index (χ1n) is 5.80. The fourth-order valence-corrected chi connectivity index (χ4v) is 3.69. The van der Waals surface area contributed by atoms with Gasteiger partial charge in [-0.25, -0.2) is 8.42 Å². The minimum atomic E-state index is -3.29. The molecule has 0 aromatic heterocycles. The van der Waals surface area contributed by atoms with Crippen LogP contribution in [0.25, 0.3) is 0 Å². The Kier molecular flexibility index (Phi) is 5.30. The fourth-order valence-electron chi connectivity index (χ4n) is 1.98. The topological polar surface area (TPSA) is 66.6 Å². The van der Waals surface area contributed by atoms with Crippen LogP contribution in [0.5, 0.6) is 0 Å². The van der Waals surface area contributed by atoms with E-state index in [0.29, 0.717) is 19.0 Å². The molecule has 0 atom stereocenters. The van der Waals surface area contributed by atoms with E-state index in [9.17, 15) is 8.42 Å². The van der Waals surface area contributed by atoms with Gasteiger partial charge >= 0.3 is 0 Å². The molecule has 1 saturated heterocycles. The van der Waals surface area contributed by atoms with E-state index in [1.807, 2.05) is 0 Å².